The molecule has 0 aliphatic carbocycles. The number of H-pyrrole nitrogens is 1. The van der Waals surface area contributed by atoms with Crippen LogP contribution in [-0.4, -0.2) is 32.6 Å². The van der Waals surface area contributed by atoms with Gasteiger partial charge in [0.2, 0.25) is 0 Å². The minimum absolute atomic E-state index is 0.0155. The fourth-order valence-electron chi connectivity index (χ4n) is 3.67. The molecule has 0 saturated carbocycles. The van der Waals surface area contributed by atoms with Crippen LogP contribution in [0.4, 0.5) is 16.4 Å². The predicted molar refractivity (Wildman–Crippen MR) is 144 cm³/mol. The van der Waals surface area contributed by atoms with Gasteiger partial charge < -0.3 is 10.6 Å². The topological polar surface area (TPSA) is 125 Å². The second kappa shape index (κ2) is 11.0. The maximum absolute atomic E-state index is 13.0. The Morgan fingerprint density at radius 2 is 1.46 bits per heavy atom. The Morgan fingerprint density at radius 1 is 0.865 bits per heavy atom. The summed E-state index contributed by atoms with van der Waals surface area (Å²) in [6, 6.07) is 18.8. The lowest BCUT2D eigenvalue weighted by Gasteiger charge is -2.23. The number of hydrogen-bond acceptors (Lipinski definition) is 5. The summed E-state index contributed by atoms with van der Waals surface area (Å²) in [5.74, 6) is -0.312. The molecule has 0 saturated heterocycles. The van der Waals surface area contributed by atoms with Crippen molar-refractivity contribution in [3.63, 3.8) is 0 Å². The van der Waals surface area contributed by atoms with Gasteiger partial charge in [-0.3, -0.25) is 10.1 Å². The smallest absolute Gasteiger partial charge is 0.319 e. The van der Waals surface area contributed by atoms with Gasteiger partial charge in [-0.15, -0.1) is 5.10 Å². The number of halogens is 2. The molecule has 1 aromatic heterocycles. The molecule has 190 valence electrons. The lowest BCUT2D eigenvalue weighted by atomic mass is 9.85. The largest absolute Gasteiger partial charge is 0.327 e. The van der Waals surface area contributed by atoms with E-state index in [4.69, 9.17) is 23.2 Å². The summed E-state index contributed by atoms with van der Waals surface area (Å²) in [4.78, 5) is 25.5. The molecule has 0 fully saturated rings. The number of carbonyl (C=O) groups is 2. The van der Waals surface area contributed by atoms with E-state index in [2.05, 4.69) is 57.3 Å². The number of urea groups is 1. The fourth-order valence-corrected chi connectivity index (χ4v) is 4.20. The van der Waals surface area contributed by atoms with Crippen molar-refractivity contribution in [1.29, 1.82) is 0 Å². The molecule has 4 N–H and O–H groups in total. The van der Waals surface area contributed by atoms with Gasteiger partial charge in [0.15, 0.2) is 0 Å². The van der Waals surface area contributed by atoms with Crippen molar-refractivity contribution in [3.8, 4) is 0 Å². The van der Waals surface area contributed by atoms with Crippen molar-refractivity contribution in [2.24, 2.45) is 0 Å². The van der Waals surface area contributed by atoms with Crippen LogP contribution >= 0.6 is 23.2 Å². The number of anilines is 2. The zero-order chi connectivity index (χ0) is 26.6. The quantitative estimate of drug-likeness (QED) is 0.241. The van der Waals surface area contributed by atoms with Crippen LogP contribution in [0.25, 0.3) is 0 Å². The van der Waals surface area contributed by atoms with Crippen molar-refractivity contribution in [2.45, 2.75) is 32.2 Å². The normalized spacial score (nSPS) is 12.0. The SMILES string of the molecule is CC(C)(C)c1ccc(C(NC(=O)Nc2cc(Cl)cc(Cl)c2)c2ccc(C(=O)Nc3nn[nH]n3)cc2)cc1. The lowest BCUT2D eigenvalue weighted by molar-refractivity contribution is 0.102. The van der Waals surface area contributed by atoms with Crippen LogP contribution in [0.15, 0.2) is 66.7 Å². The number of tetrazole rings is 1. The summed E-state index contributed by atoms with van der Waals surface area (Å²) in [5, 5.41) is 22.3. The molecule has 1 unspecified atom stereocenters. The first kappa shape index (κ1) is 26.1. The molecule has 0 bridgehead atoms. The molecular weight excluding hydrogens is 513 g/mol. The van der Waals surface area contributed by atoms with E-state index in [1.54, 1.807) is 42.5 Å². The van der Waals surface area contributed by atoms with Gasteiger partial charge >= 0.3 is 6.03 Å². The molecule has 37 heavy (non-hydrogen) atoms. The number of aromatic amines is 1. The highest BCUT2D eigenvalue weighted by Crippen LogP contribution is 2.28. The molecule has 0 spiro atoms. The van der Waals surface area contributed by atoms with Crippen molar-refractivity contribution in [2.75, 3.05) is 10.6 Å². The van der Waals surface area contributed by atoms with Crippen LogP contribution in [0.5, 0.6) is 0 Å². The zero-order valence-corrected chi connectivity index (χ0v) is 21.9. The van der Waals surface area contributed by atoms with E-state index < -0.39 is 12.1 Å². The van der Waals surface area contributed by atoms with Gasteiger partial charge in [0.1, 0.15) is 0 Å². The average molecular weight is 538 g/mol. The summed E-state index contributed by atoms with van der Waals surface area (Å²) >= 11 is 12.1. The molecule has 1 atom stereocenters. The van der Waals surface area contributed by atoms with E-state index in [0.717, 1.165) is 11.1 Å². The second-order valence-electron chi connectivity index (χ2n) is 9.37. The van der Waals surface area contributed by atoms with Gasteiger partial charge in [0.05, 0.1) is 6.04 Å². The standard InChI is InChI=1S/C26H25Cl2N7O2/c1-26(2,3)18-10-8-16(9-11-18)22(30-25(37)29-21-13-19(27)12-20(28)14-21)15-4-6-17(7-5-15)23(36)31-24-32-34-35-33-24/h4-14,22H,1-3H3,(H2,29,30,37)(H2,31,32,33,34,35,36). The van der Waals surface area contributed by atoms with Crippen LogP contribution in [0.2, 0.25) is 10.0 Å². The van der Waals surface area contributed by atoms with E-state index in [1.807, 2.05) is 24.3 Å². The molecule has 4 aromatic rings. The van der Waals surface area contributed by atoms with Gasteiger partial charge in [-0.2, -0.15) is 5.21 Å². The number of rotatable bonds is 6. The minimum Gasteiger partial charge on any atom is -0.327 e. The zero-order valence-electron chi connectivity index (χ0n) is 20.3. The minimum atomic E-state index is -0.502. The second-order valence-corrected chi connectivity index (χ2v) is 10.2. The number of nitrogens with zero attached hydrogens (tertiary/aromatic N) is 3. The highest BCUT2D eigenvalue weighted by Gasteiger charge is 2.20. The Morgan fingerprint density at radius 3 is 2.00 bits per heavy atom. The van der Waals surface area contributed by atoms with E-state index in [9.17, 15) is 9.59 Å². The van der Waals surface area contributed by atoms with Crippen molar-refractivity contribution in [3.05, 3.63) is 99.0 Å². The maximum Gasteiger partial charge on any atom is 0.319 e. The third-order valence-electron chi connectivity index (χ3n) is 5.58. The monoisotopic (exact) mass is 537 g/mol. The first-order valence-corrected chi connectivity index (χ1v) is 12.1. The van der Waals surface area contributed by atoms with Crippen LogP contribution < -0.4 is 16.0 Å². The maximum atomic E-state index is 13.0. The first-order chi connectivity index (χ1) is 17.6. The van der Waals surface area contributed by atoms with E-state index in [1.165, 1.54) is 5.56 Å². The number of carbonyl (C=O) groups excluding carboxylic acids is 2. The number of amides is 3. The highest BCUT2D eigenvalue weighted by molar-refractivity contribution is 6.35. The summed E-state index contributed by atoms with van der Waals surface area (Å²) in [5.41, 5.74) is 3.66. The highest BCUT2D eigenvalue weighted by atomic mass is 35.5. The molecule has 0 aliphatic heterocycles. The van der Waals surface area contributed by atoms with Crippen molar-refractivity contribution in [1.82, 2.24) is 25.9 Å². The third kappa shape index (κ3) is 6.84. The fraction of sp³-hybridized carbons (Fsp3) is 0.192. The summed E-state index contributed by atoms with van der Waals surface area (Å²) in [7, 11) is 0. The van der Waals surface area contributed by atoms with Crippen molar-refractivity contribution < 1.29 is 9.59 Å². The Balaban J connectivity index is 1.59. The van der Waals surface area contributed by atoms with Crippen molar-refractivity contribution >= 4 is 46.8 Å². The van der Waals surface area contributed by atoms with Gasteiger partial charge in [-0.25, -0.2) is 4.79 Å². The molecule has 0 aliphatic rings. The molecular formula is C26H25Cl2N7O2. The summed E-state index contributed by atoms with van der Waals surface area (Å²) in [6.07, 6.45) is 0. The third-order valence-corrected chi connectivity index (χ3v) is 6.02. The molecule has 11 heteroatoms. The Labute approximate surface area is 224 Å². The van der Waals surface area contributed by atoms with Crippen LogP contribution in [0, 0.1) is 0 Å². The van der Waals surface area contributed by atoms with Gasteiger partial charge in [0, 0.05) is 21.3 Å². The van der Waals surface area contributed by atoms with Gasteiger partial charge in [-0.1, -0.05) is 85.5 Å². The molecule has 0 radical (unpaired) electrons. The van der Waals surface area contributed by atoms with Crippen LogP contribution in [0.1, 0.15) is 53.9 Å². The van der Waals surface area contributed by atoms with E-state index in [0.29, 0.717) is 21.3 Å². The molecule has 3 aromatic carbocycles. The number of aromatic nitrogens is 4. The van der Waals surface area contributed by atoms with Gasteiger partial charge in [-0.05, 0) is 57.7 Å². The summed E-state index contributed by atoms with van der Waals surface area (Å²) < 4.78 is 0. The van der Waals surface area contributed by atoms with Crippen LogP contribution in [-0.2, 0) is 5.41 Å². The summed E-state index contributed by atoms with van der Waals surface area (Å²) in [6.45, 7) is 6.42. The Bertz CT molecular complexity index is 1360. The van der Waals surface area contributed by atoms with E-state index >= 15 is 0 Å². The Hall–Kier alpha value is -3.95. The molecule has 4 rings (SSSR count). The number of hydrogen-bond donors (Lipinski definition) is 4. The first-order valence-electron chi connectivity index (χ1n) is 11.4. The molecule has 1 heterocycles. The number of benzene rings is 3. The Kier molecular flexibility index (Phi) is 7.75. The van der Waals surface area contributed by atoms with Crippen LogP contribution in [0.3, 0.4) is 0 Å². The molecule has 3 amide bonds. The van der Waals surface area contributed by atoms with Gasteiger partial charge in [0.25, 0.3) is 11.9 Å². The molecule has 9 nitrogen and oxygen atoms in total. The predicted octanol–water partition coefficient (Wildman–Crippen LogP) is 5.97. The van der Waals surface area contributed by atoms with E-state index in [-0.39, 0.29) is 17.3 Å². The number of nitrogens with one attached hydrogen (secondary N) is 4. The average Bonchev–Trinajstić information content (AvgIpc) is 3.34. The lowest BCUT2D eigenvalue weighted by Crippen LogP contribution is -2.33.